The number of aromatic amines is 1. The maximum Gasteiger partial charge on any atom is 0.410 e. The Bertz CT molecular complexity index is 1270. The van der Waals surface area contributed by atoms with Gasteiger partial charge >= 0.3 is 6.09 Å². The number of halogens is 1. The van der Waals surface area contributed by atoms with Crippen LogP contribution in [0.25, 0.3) is 11.6 Å². The van der Waals surface area contributed by atoms with Crippen LogP contribution in [-0.4, -0.2) is 53.0 Å². The number of nitrogens with zero attached hydrogens (tertiary/aromatic N) is 1. The molecule has 1 aromatic heterocycles. The van der Waals surface area contributed by atoms with Crippen molar-refractivity contribution in [2.75, 3.05) is 18.9 Å². The quantitative estimate of drug-likeness (QED) is 0.518. The Morgan fingerprint density at radius 2 is 2.05 bits per heavy atom. The molecule has 37 heavy (non-hydrogen) atoms. The van der Waals surface area contributed by atoms with Gasteiger partial charge in [-0.05, 0) is 95.2 Å². The molecule has 1 aliphatic heterocycles. The molecule has 1 aliphatic carbocycles. The van der Waals surface area contributed by atoms with Crippen LogP contribution in [-0.2, 0) is 27.2 Å². The lowest BCUT2D eigenvalue weighted by atomic mass is 9.86. The van der Waals surface area contributed by atoms with Gasteiger partial charge in [0.2, 0.25) is 5.91 Å². The number of benzene rings is 1. The minimum absolute atomic E-state index is 0.231. The number of amides is 3. The molecule has 0 saturated carbocycles. The van der Waals surface area contributed by atoms with E-state index in [-0.39, 0.29) is 23.5 Å². The number of carbonyl (C=O) groups is 3. The summed E-state index contributed by atoms with van der Waals surface area (Å²) in [6.45, 7) is 9.55. The van der Waals surface area contributed by atoms with Gasteiger partial charge in [0.25, 0.3) is 5.91 Å². The van der Waals surface area contributed by atoms with Gasteiger partial charge in [-0.15, -0.1) is 0 Å². The van der Waals surface area contributed by atoms with Crippen molar-refractivity contribution in [1.82, 2.24) is 15.2 Å². The van der Waals surface area contributed by atoms with E-state index in [9.17, 15) is 18.8 Å². The topological polar surface area (TPSA) is 104 Å². The fourth-order valence-electron chi connectivity index (χ4n) is 4.80. The van der Waals surface area contributed by atoms with Crippen LogP contribution in [0.4, 0.5) is 14.9 Å². The normalized spacial score (nSPS) is 18.6. The lowest BCUT2D eigenvalue weighted by Gasteiger charge is -2.29. The molecule has 4 rings (SSSR count). The molecule has 0 fully saturated rings. The number of nitrogens with one attached hydrogen (secondary N) is 3. The Morgan fingerprint density at radius 1 is 1.32 bits per heavy atom. The third kappa shape index (κ3) is 5.70. The zero-order chi connectivity index (χ0) is 27.1. The number of H-pyrrole nitrogens is 1. The SMILES string of the molecule is Cc1c(/C=C2\C(=O)Nc3ccc(F)cc32)[nH]c2c1CCC(CNC(=O)C(C)N(C)C(=O)OC(C)(C)C)C2. The molecule has 0 spiro atoms. The van der Waals surface area contributed by atoms with Gasteiger partial charge in [0, 0.05) is 36.2 Å². The number of hydrogen-bond donors (Lipinski definition) is 3. The number of fused-ring (bicyclic) bond motifs is 2. The van der Waals surface area contributed by atoms with Gasteiger partial charge in [0.15, 0.2) is 0 Å². The van der Waals surface area contributed by atoms with E-state index in [2.05, 4.69) is 15.6 Å². The maximum atomic E-state index is 13.8. The van der Waals surface area contributed by atoms with Crippen LogP contribution < -0.4 is 10.6 Å². The smallest absolute Gasteiger partial charge is 0.410 e. The largest absolute Gasteiger partial charge is 0.444 e. The summed E-state index contributed by atoms with van der Waals surface area (Å²) in [5.74, 6) is -0.636. The summed E-state index contributed by atoms with van der Waals surface area (Å²) in [5, 5.41) is 5.77. The first kappa shape index (κ1) is 26.4. The molecule has 3 amide bonds. The highest BCUT2D eigenvalue weighted by Crippen LogP contribution is 2.36. The Hall–Kier alpha value is -3.62. The second-order valence-electron chi connectivity index (χ2n) is 10.9. The van der Waals surface area contributed by atoms with E-state index < -0.39 is 17.7 Å². The van der Waals surface area contributed by atoms with E-state index >= 15 is 0 Å². The van der Waals surface area contributed by atoms with Crippen molar-refractivity contribution in [3.8, 4) is 0 Å². The van der Waals surface area contributed by atoms with Gasteiger partial charge in [-0.2, -0.15) is 0 Å². The van der Waals surface area contributed by atoms with Crippen LogP contribution in [0.5, 0.6) is 0 Å². The number of likely N-dealkylation sites (N-methyl/N-ethyl adjacent to an activating group) is 1. The van der Waals surface area contributed by atoms with Gasteiger partial charge < -0.3 is 20.4 Å². The van der Waals surface area contributed by atoms with Gasteiger partial charge in [-0.1, -0.05) is 0 Å². The first-order valence-electron chi connectivity index (χ1n) is 12.6. The third-order valence-electron chi connectivity index (χ3n) is 7.06. The van der Waals surface area contributed by atoms with Crippen LogP contribution in [0.1, 0.15) is 62.2 Å². The molecule has 8 nitrogen and oxygen atoms in total. The monoisotopic (exact) mass is 510 g/mol. The summed E-state index contributed by atoms with van der Waals surface area (Å²) < 4.78 is 19.2. The summed E-state index contributed by atoms with van der Waals surface area (Å²) >= 11 is 0. The maximum absolute atomic E-state index is 13.8. The molecule has 2 heterocycles. The van der Waals surface area contributed by atoms with E-state index in [1.807, 2.05) is 6.92 Å². The second-order valence-corrected chi connectivity index (χ2v) is 10.9. The van der Waals surface area contributed by atoms with Crippen molar-refractivity contribution < 1.29 is 23.5 Å². The second kappa shape index (κ2) is 10.0. The average molecular weight is 511 g/mol. The highest BCUT2D eigenvalue weighted by Gasteiger charge is 2.29. The minimum Gasteiger partial charge on any atom is -0.444 e. The minimum atomic E-state index is -0.662. The molecule has 3 N–H and O–H groups in total. The van der Waals surface area contributed by atoms with Crippen LogP contribution >= 0.6 is 0 Å². The molecule has 2 unspecified atom stereocenters. The molecule has 2 aliphatic rings. The van der Waals surface area contributed by atoms with Crippen LogP contribution in [0.15, 0.2) is 18.2 Å². The Morgan fingerprint density at radius 3 is 2.76 bits per heavy atom. The van der Waals surface area contributed by atoms with Crippen molar-refractivity contribution in [2.45, 2.75) is 65.5 Å². The molecule has 0 bridgehead atoms. The third-order valence-corrected chi connectivity index (χ3v) is 7.06. The zero-order valence-electron chi connectivity index (χ0n) is 22.3. The lowest BCUT2D eigenvalue weighted by Crippen LogP contribution is -2.48. The molecular weight excluding hydrogens is 475 g/mol. The van der Waals surface area contributed by atoms with E-state index in [4.69, 9.17) is 4.74 Å². The molecule has 9 heteroatoms. The molecule has 0 radical (unpaired) electrons. The number of ether oxygens (including phenoxy) is 1. The first-order chi connectivity index (χ1) is 17.3. The van der Waals surface area contributed by atoms with Crippen LogP contribution in [0.2, 0.25) is 0 Å². The van der Waals surface area contributed by atoms with E-state index in [0.717, 1.165) is 36.2 Å². The van der Waals surface area contributed by atoms with Crippen molar-refractivity contribution in [1.29, 1.82) is 0 Å². The summed E-state index contributed by atoms with van der Waals surface area (Å²) in [6, 6.07) is 3.61. The number of hydrogen-bond acceptors (Lipinski definition) is 4. The standard InChI is InChI=1S/C28H35FN4O4/c1-15-19-9-7-17(14-30-25(34)16(2)33(6)27(36)37-28(3,4)5)11-24(19)31-23(15)13-21-20-12-18(29)8-10-22(20)32-26(21)35/h8,10,12-13,16-17,31H,7,9,11,14H2,1-6H3,(H,30,34)(H,32,35)/b21-13-. The van der Waals surface area contributed by atoms with Crippen molar-refractivity contribution in [3.63, 3.8) is 0 Å². The summed E-state index contributed by atoms with van der Waals surface area (Å²) in [4.78, 5) is 42.3. The Balaban J connectivity index is 1.40. The van der Waals surface area contributed by atoms with Crippen molar-refractivity contribution in [3.05, 3.63) is 52.1 Å². The predicted octanol–water partition coefficient (Wildman–Crippen LogP) is 4.43. The van der Waals surface area contributed by atoms with Gasteiger partial charge in [0.1, 0.15) is 17.5 Å². The highest BCUT2D eigenvalue weighted by atomic mass is 19.1. The predicted molar refractivity (Wildman–Crippen MR) is 140 cm³/mol. The van der Waals surface area contributed by atoms with Gasteiger partial charge in [-0.3, -0.25) is 14.5 Å². The molecular formula is C28H35FN4O4. The molecule has 1 aromatic carbocycles. The fourth-order valence-corrected chi connectivity index (χ4v) is 4.80. The number of aromatic nitrogens is 1. The van der Waals surface area contributed by atoms with Crippen LogP contribution in [0, 0.1) is 18.7 Å². The molecule has 2 atom stereocenters. The fraction of sp³-hybridized carbons (Fsp3) is 0.464. The van der Waals surface area contributed by atoms with E-state index in [0.29, 0.717) is 23.4 Å². The molecule has 0 saturated heterocycles. The zero-order valence-corrected chi connectivity index (χ0v) is 22.3. The Kier molecular flexibility index (Phi) is 7.17. The van der Waals surface area contributed by atoms with E-state index in [1.165, 1.54) is 22.6 Å². The Labute approximate surface area is 216 Å². The van der Waals surface area contributed by atoms with E-state index in [1.54, 1.807) is 46.9 Å². The summed E-state index contributed by atoms with van der Waals surface area (Å²) in [6.07, 6.45) is 3.77. The molecule has 2 aromatic rings. The van der Waals surface area contributed by atoms with Gasteiger partial charge in [0.05, 0.1) is 5.57 Å². The van der Waals surface area contributed by atoms with Gasteiger partial charge in [-0.25, -0.2) is 9.18 Å². The highest BCUT2D eigenvalue weighted by molar-refractivity contribution is 6.34. The summed E-state index contributed by atoms with van der Waals surface area (Å²) in [5.41, 5.74) is 5.20. The number of carbonyl (C=O) groups excluding carboxylic acids is 3. The lowest BCUT2D eigenvalue weighted by molar-refractivity contribution is -0.125. The first-order valence-corrected chi connectivity index (χ1v) is 12.6. The number of anilines is 1. The van der Waals surface area contributed by atoms with Crippen LogP contribution in [0.3, 0.4) is 0 Å². The van der Waals surface area contributed by atoms with Crippen molar-refractivity contribution in [2.24, 2.45) is 5.92 Å². The number of rotatable bonds is 5. The summed E-state index contributed by atoms with van der Waals surface area (Å²) in [7, 11) is 1.56. The molecule has 198 valence electrons. The van der Waals surface area contributed by atoms with Crippen molar-refractivity contribution >= 4 is 35.2 Å². The average Bonchev–Trinajstić information content (AvgIpc) is 3.30.